The van der Waals surface area contributed by atoms with Gasteiger partial charge in [0.2, 0.25) is 0 Å². The lowest BCUT2D eigenvalue weighted by atomic mass is 10.1. The normalized spacial score (nSPS) is 15.1. The summed E-state index contributed by atoms with van der Waals surface area (Å²) in [7, 11) is 0. The van der Waals surface area contributed by atoms with E-state index in [1.165, 1.54) is 12.8 Å². The lowest BCUT2D eigenvalue weighted by Gasteiger charge is -1.99. The molecule has 2 aromatic rings. The minimum Gasteiger partial charge on any atom is -0.508 e. The highest BCUT2D eigenvalue weighted by Gasteiger charge is 2.24. The van der Waals surface area contributed by atoms with E-state index in [1.807, 2.05) is 19.1 Å². The van der Waals surface area contributed by atoms with Gasteiger partial charge in [0.05, 0.1) is 0 Å². The number of benzene rings is 1. The first-order chi connectivity index (χ1) is 8.22. The first kappa shape index (κ1) is 10.3. The van der Waals surface area contributed by atoms with Crippen LogP contribution in [0.4, 0.5) is 0 Å². The third-order valence-corrected chi connectivity index (χ3v) is 3.09. The molecule has 1 aromatic carbocycles. The summed E-state index contributed by atoms with van der Waals surface area (Å²) in [6, 6.07) is 5.38. The topological polar surface area (TPSA) is 59.2 Å². The summed E-state index contributed by atoms with van der Waals surface area (Å²) in [4.78, 5) is 4.34. The molecule has 0 bridgehead atoms. The molecule has 1 fully saturated rings. The Kier molecular flexibility index (Phi) is 2.35. The molecular formula is C13H14N2O2. The largest absolute Gasteiger partial charge is 0.508 e. The van der Waals surface area contributed by atoms with E-state index in [0.29, 0.717) is 5.89 Å². The van der Waals surface area contributed by atoms with E-state index in [-0.39, 0.29) is 5.75 Å². The molecular weight excluding hydrogens is 216 g/mol. The summed E-state index contributed by atoms with van der Waals surface area (Å²) >= 11 is 0. The van der Waals surface area contributed by atoms with Crippen molar-refractivity contribution in [3.63, 3.8) is 0 Å². The lowest BCUT2D eigenvalue weighted by Crippen LogP contribution is -1.89. The molecule has 0 saturated heterocycles. The molecule has 1 aromatic heterocycles. The minimum absolute atomic E-state index is 0.254. The van der Waals surface area contributed by atoms with Gasteiger partial charge in [-0.2, -0.15) is 4.98 Å². The standard InChI is InChI=1S/C13H14N2O2/c1-8-2-5-10(7-11(8)16)13-14-12(15-17-13)6-9-3-4-9/h2,5,7,9,16H,3-4,6H2,1H3. The molecule has 1 aliphatic rings. The van der Waals surface area contributed by atoms with Crippen molar-refractivity contribution >= 4 is 0 Å². The molecule has 1 saturated carbocycles. The zero-order valence-electron chi connectivity index (χ0n) is 9.68. The van der Waals surface area contributed by atoms with Gasteiger partial charge in [-0.05, 0) is 43.4 Å². The summed E-state index contributed by atoms with van der Waals surface area (Å²) < 4.78 is 5.20. The van der Waals surface area contributed by atoms with Crippen LogP contribution < -0.4 is 0 Å². The van der Waals surface area contributed by atoms with Crippen LogP contribution in [0.3, 0.4) is 0 Å². The summed E-state index contributed by atoms with van der Waals surface area (Å²) in [5.74, 6) is 2.25. The van der Waals surface area contributed by atoms with Crippen LogP contribution in [-0.2, 0) is 6.42 Å². The van der Waals surface area contributed by atoms with Crippen LogP contribution in [-0.4, -0.2) is 15.2 Å². The van der Waals surface area contributed by atoms with Crippen molar-refractivity contribution in [2.75, 3.05) is 0 Å². The second kappa shape index (κ2) is 3.87. The molecule has 1 aliphatic carbocycles. The molecule has 17 heavy (non-hydrogen) atoms. The first-order valence-electron chi connectivity index (χ1n) is 5.85. The Morgan fingerprint density at radius 3 is 2.94 bits per heavy atom. The second-order valence-electron chi connectivity index (χ2n) is 4.66. The molecule has 3 rings (SSSR count). The zero-order chi connectivity index (χ0) is 11.8. The monoisotopic (exact) mass is 230 g/mol. The Bertz CT molecular complexity index is 544. The van der Waals surface area contributed by atoms with Gasteiger partial charge in [0.25, 0.3) is 5.89 Å². The zero-order valence-corrected chi connectivity index (χ0v) is 9.68. The second-order valence-corrected chi connectivity index (χ2v) is 4.66. The van der Waals surface area contributed by atoms with Crippen LogP contribution in [0, 0.1) is 12.8 Å². The number of rotatable bonds is 3. The number of hydrogen-bond acceptors (Lipinski definition) is 4. The molecule has 0 atom stereocenters. The number of nitrogens with zero attached hydrogens (tertiary/aromatic N) is 2. The summed E-state index contributed by atoms with van der Waals surface area (Å²) in [6.07, 6.45) is 3.45. The van der Waals surface area contributed by atoms with Gasteiger partial charge in [-0.1, -0.05) is 11.2 Å². The van der Waals surface area contributed by atoms with Crippen molar-refractivity contribution in [2.24, 2.45) is 5.92 Å². The molecule has 4 heteroatoms. The maximum absolute atomic E-state index is 9.63. The van der Waals surface area contributed by atoms with E-state index >= 15 is 0 Å². The number of phenolic OH excluding ortho intramolecular Hbond substituents is 1. The van der Waals surface area contributed by atoms with Gasteiger partial charge in [-0.3, -0.25) is 0 Å². The SMILES string of the molecule is Cc1ccc(-c2nc(CC3CC3)no2)cc1O. The van der Waals surface area contributed by atoms with Crippen LogP contribution >= 0.6 is 0 Å². The van der Waals surface area contributed by atoms with Crippen molar-refractivity contribution in [2.45, 2.75) is 26.2 Å². The van der Waals surface area contributed by atoms with Gasteiger partial charge >= 0.3 is 0 Å². The van der Waals surface area contributed by atoms with Crippen LogP contribution in [0.5, 0.6) is 5.75 Å². The fourth-order valence-electron chi connectivity index (χ4n) is 1.78. The summed E-state index contributed by atoms with van der Waals surface area (Å²) in [6.45, 7) is 1.85. The van der Waals surface area contributed by atoms with Gasteiger partial charge in [0.1, 0.15) is 5.75 Å². The molecule has 88 valence electrons. The van der Waals surface area contributed by atoms with E-state index in [1.54, 1.807) is 6.07 Å². The molecule has 0 radical (unpaired) electrons. The Morgan fingerprint density at radius 1 is 1.41 bits per heavy atom. The highest BCUT2D eigenvalue weighted by Crippen LogP contribution is 2.32. The number of phenols is 1. The Morgan fingerprint density at radius 2 is 2.24 bits per heavy atom. The van der Waals surface area contributed by atoms with Gasteiger partial charge in [0.15, 0.2) is 5.82 Å². The third-order valence-electron chi connectivity index (χ3n) is 3.09. The third kappa shape index (κ3) is 2.16. The average molecular weight is 230 g/mol. The van der Waals surface area contributed by atoms with E-state index in [0.717, 1.165) is 29.3 Å². The predicted octanol–water partition coefficient (Wildman–Crippen LogP) is 2.70. The number of hydrogen-bond donors (Lipinski definition) is 1. The van der Waals surface area contributed by atoms with E-state index < -0.39 is 0 Å². The van der Waals surface area contributed by atoms with Crippen LogP contribution in [0.15, 0.2) is 22.7 Å². The average Bonchev–Trinajstić information content (AvgIpc) is 2.99. The molecule has 0 amide bonds. The number of aromatic nitrogens is 2. The quantitative estimate of drug-likeness (QED) is 0.880. The van der Waals surface area contributed by atoms with Gasteiger partial charge in [-0.15, -0.1) is 0 Å². The van der Waals surface area contributed by atoms with Crippen molar-refractivity contribution < 1.29 is 9.63 Å². The summed E-state index contributed by atoms with van der Waals surface area (Å²) in [5.41, 5.74) is 1.61. The van der Waals surface area contributed by atoms with Crippen LogP contribution in [0.1, 0.15) is 24.2 Å². The Hall–Kier alpha value is -1.84. The fraction of sp³-hybridized carbons (Fsp3) is 0.385. The molecule has 0 aliphatic heterocycles. The van der Waals surface area contributed by atoms with Crippen molar-refractivity contribution in [1.29, 1.82) is 0 Å². The van der Waals surface area contributed by atoms with Crippen molar-refractivity contribution in [3.05, 3.63) is 29.6 Å². The van der Waals surface area contributed by atoms with Crippen LogP contribution in [0.25, 0.3) is 11.5 Å². The van der Waals surface area contributed by atoms with Gasteiger partial charge < -0.3 is 9.63 Å². The smallest absolute Gasteiger partial charge is 0.258 e. The lowest BCUT2D eigenvalue weighted by molar-refractivity contribution is 0.420. The molecule has 0 unspecified atom stereocenters. The van der Waals surface area contributed by atoms with Gasteiger partial charge in [-0.25, -0.2) is 0 Å². The van der Waals surface area contributed by atoms with Crippen molar-refractivity contribution in [3.8, 4) is 17.2 Å². The number of aromatic hydroxyl groups is 1. The maximum Gasteiger partial charge on any atom is 0.258 e. The van der Waals surface area contributed by atoms with Crippen LogP contribution in [0.2, 0.25) is 0 Å². The minimum atomic E-state index is 0.254. The van der Waals surface area contributed by atoms with E-state index in [9.17, 15) is 5.11 Å². The summed E-state index contributed by atoms with van der Waals surface area (Å²) in [5, 5.41) is 13.6. The van der Waals surface area contributed by atoms with E-state index in [4.69, 9.17) is 4.52 Å². The van der Waals surface area contributed by atoms with Crippen molar-refractivity contribution in [1.82, 2.24) is 10.1 Å². The fourth-order valence-corrected chi connectivity index (χ4v) is 1.78. The Balaban J connectivity index is 1.86. The highest BCUT2D eigenvalue weighted by atomic mass is 16.5. The molecule has 1 N–H and O–H groups in total. The number of aryl methyl sites for hydroxylation is 1. The Labute approximate surface area is 99.3 Å². The molecule has 4 nitrogen and oxygen atoms in total. The van der Waals surface area contributed by atoms with Gasteiger partial charge in [0, 0.05) is 12.0 Å². The van der Waals surface area contributed by atoms with E-state index in [2.05, 4.69) is 10.1 Å². The maximum atomic E-state index is 9.63. The molecule has 0 spiro atoms. The highest BCUT2D eigenvalue weighted by molar-refractivity contribution is 5.57. The molecule has 1 heterocycles. The first-order valence-corrected chi connectivity index (χ1v) is 5.85. The predicted molar refractivity (Wildman–Crippen MR) is 62.6 cm³/mol.